The lowest BCUT2D eigenvalue weighted by Crippen LogP contribution is -2.07. The first-order chi connectivity index (χ1) is 25.6. The fraction of sp³-hybridized carbons (Fsp3) is 0. The molecule has 0 fully saturated rings. The highest BCUT2D eigenvalue weighted by Gasteiger charge is 2.20. The van der Waals surface area contributed by atoms with E-state index in [9.17, 15) is 45.3 Å². The number of carbonyl (C=O) groups is 1. The molecule has 1 aromatic heterocycles. The number of carboxylic acid groups (broad SMARTS) is 1. The first kappa shape index (κ1) is 39.0. The number of hydrazone groups is 1. The third-order valence-corrected chi connectivity index (χ3v) is 8.81. The van der Waals surface area contributed by atoms with Crippen molar-refractivity contribution in [2.24, 2.45) is 15.3 Å². The number of benzene rings is 4. The lowest BCUT2D eigenvalue weighted by molar-refractivity contribution is -0.432. The van der Waals surface area contributed by atoms with Crippen LogP contribution in [-0.2, 0) is 29.6 Å². The van der Waals surface area contributed by atoms with Crippen molar-refractivity contribution in [3.63, 3.8) is 0 Å². The van der Waals surface area contributed by atoms with Crippen molar-refractivity contribution in [1.29, 1.82) is 0 Å². The number of azo groups is 1. The average Bonchev–Trinajstić information content (AvgIpc) is 3.11. The van der Waals surface area contributed by atoms with Crippen LogP contribution in [0.3, 0.4) is 0 Å². The van der Waals surface area contributed by atoms with Gasteiger partial charge in [-0.25, -0.2) is 10.1 Å². The molecule has 280 valence electrons. The molecule has 0 aliphatic rings. The Balaban J connectivity index is 1.51. The Morgan fingerprint density at radius 2 is 1.52 bits per heavy atom. The maximum Gasteiger partial charge on any atom is 0.337 e. The predicted molar refractivity (Wildman–Crippen MR) is 186 cm³/mol. The molecule has 54 heavy (non-hydrogen) atoms. The van der Waals surface area contributed by atoms with E-state index in [2.05, 4.69) is 55.7 Å². The molecule has 5 aromatic rings. The minimum absolute atomic E-state index is 0.00190. The first-order valence-electron chi connectivity index (χ1n) is 14.3. The summed E-state index contributed by atoms with van der Waals surface area (Å²) in [4.78, 5) is 21.6. The number of phenolic OH excluding ortho intramolecular Hbond substituents is 1. The summed E-state index contributed by atoms with van der Waals surface area (Å²) in [5, 5.41) is 49.7. The summed E-state index contributed by atoms with van der Waals surface area (Å²) in [5.41, 5.74) is 1.39. The van der Waals surface area contributed by atoms with Crippen LogP contribution in [0.4, 0.5) is 39.0 Å². The van der Waals surface area contributed by atoms with E-state index in [0.29, 0.717) is 17.6 Å². The summed E-state index contributed by atoms with van der Waals surface area (Å²) in [5.74, 6) is -3.51. The number of nitrogens with zero attached hydrogens (tertiary/aromatic N) is 6. The molecule has 0 saturated carbocycles. The van der Waals surface area contributed by atoms with Crippen LogP contribution in [0.15, 0.2) is 115 Å². The number of hydrogen-bond donors (Lipinski definition) is 8. The van der Waals surface area contributed by atoms with Crippen molar-refractivity contribution in [2.45, 2.75) is 14.7 Å². The number of nitrogens with one attached hydrogen (secondary N) is 3. The van der Waals surface area contributed by atoms with Gasteiger partial charge in [0.25, 0.3) is 20.2 Å². The second kappa shape index (κ2) is 16.7. The maximum absolute atomic E-state index is 14.5. The van der Waals surface area contributed by atoms with Gasteiger partial charge >= 0.3 is 12.0 Å². The molecule has 21 nitrogen and oxygen atoms in total. The summed E-state index contributed by atoms with van der Waals surface area (Å²) >= 11 is 0.539. The summed E-state index contributed by atoms with van der Waals surface area (Å²) in [7, 11) is -9.58. The minimum atomic E-state index is -4.99. The van der Waals surface area contributed by atoms with Crippen molar-refractivity contribution < 1.29 is 60.0 Å². The Kier molecular flexibility index (Phi) is 12.0. The molecule has 0 saturated heterocycles. The molecular formula is C29H22FN9O12S3. The molecule has 0 amide bonds. The molecule has 0 bridgehead atoms. The summed E-state index contributed by atoms with van der Waals surface area (Å²) in [6.07, 6.45) is -1.38. The number of aromatic hydroxyl groups is 1. The van der Waals surface area contributed by atoms with Gasteiger partial charge in [-0.15, -0.1) is 14.6 Å². The molecule has 25 heteroatoms. The second-order valence-electron chi connectivity index (χ2n) is 10.2. The number of halogens is 1. The van der Waals surface area contributed by atoms with Crippen molar-refractivity contribution in [1.82, 2.24) is 15.0 Å². The number of hydrogen-bond acceptors (Lipinski definition) is 18. The van der Waals surface area contributed by atoms with Gasteiger partial charge in [0.2, 0.25) is 17.7 Å². The number of aromatic carboxylic acids is 1. The quantitative estimate of drug-likeness (QED) is 0.0102. The van der Waals surface area contributed by atoms with Gasteiger partial charge in [0, 0.05) is 16.1 Å². The van der Waals surface area contributed by atoms with Crippen LogP contribution in [0.2, 0.25) is 0 Å². The van der Waals surface area contributed by atoms with Crippen LogP contribution in [0.1, 0.15) is 15.9 Å². The number of anilines is 5. The van der Waals surface area contributed by atoms with Crippen LogP contribution in [0, 0.1) is 6.08 Å². The average molecular weight is 804 g/mol. The zero-order valence-electron chi connectivity index (χ0n) is 26.5. The Bertz CT molecular complexity index is 2500. The number of amidine groups is 1. The third-order valence-electron chi connectivity index (χ3n) is 6.55. The maximum atomic E-state index is 14.5. The Hall–Kier alpha value is -6.19. The van der Waals surface area contributed by atoms with Gasteiger partial charge in [-0.05, 0) is 48.5 Å². The SMILES string of the molecule is O=C(O)c1ccc(SOOO)cc1N/N=C(\N=Nc1cc(S(=O)(=O)O)cc(Nc2nc(F)nc(Nc3cccc(S(=O)(=O)O)c3)n2)c1O)c1ccccc1. The highest BCUT2D eigenvalue weighted by Crippen LogP contribution is 2.39. The number of phenols is 1. The highest BCUT2D eigenvalue weighted by molar-refractivity contribution is 7.94. The second-order valence-corrected chi connectivity index (χ2v) is 13.8. The molecule has 0 unspecified atom stereocenters. The smallest absolute Gasteiger partial charge is 0.337 e. The van der Waals surface area contributed by atoms with Crippen LogP contribution < -0.4 is 16.1 Å². The van der Waals surface area contributed by atoms with E-state index >= 15 is 0 Å². The molecule has 8 N–H and O–H groups in total. The van der Waals surface area contributed by atoms with E-state index in [4.69, 9.17) is 5.26 Å². The van der Waals surface area contributed by atoms with Gasteiger partial charge in [0.1, 0.15) is 5.69 Å². The number of aromatic nitrogens is 3. The third kappa shape index (κ3) is 10.2. The lowest BCUT2D eigenvalue weighted by atomic mass is 10.2. The van der Waals surface area contributed by atoms with E-state index in [1.807, 2.05) is 0 Å². The molecular weight excluding hydrogens is 782 g/mol. The largest absolute Gasteiger partial charge is 0.504 e. The molecule has 0 aliphatic carbocycles. The Labute approximate surface area is 306 Å². The van der Waals surface area contributed by atoms with Gasteiger partial charge in [0.15, 0.2) is 5.75 Å². The van der Waals surface area contributed by atoms with E-state index in [1.165, 1.54) is 42.5 Å². The fourth-order valence-corrected chi connectivity index (χ4v) is 5.67. The molecule has 0 spiro atoms. The van der Waals surface area contributed by atoms with Gasteiger partial charge < -0.3 is 20.8 Å². The summed E-state index contributed by atoms with van der Waals surface area (Å²) in [6.45, 7) is 0. The first-order valence-corrected chi connectivity index (χ1v) is 17.9. The standard InChI is InChI=1S/C29H22FN9O12S3/c30-27-33-28(31-16-7-4-8-18(11-16)53(44,45)46)35-29(34-27)32-22-13-19(54(47,48)49)14-23(24(22)40)37-39-25(15-5-2-1-3-6-15)38-36-21-12-17(52-51-50-43)9-10-20(21)26(41)42/h1-14,36,40,43H,(H,41,42)(H,44,45,46)(H,47,48,49)(H2,31,32,33,34,35)/b38-25-,39-37?. The highest BCUT2D eigenvalue weighted by atomic mass is 32.2. The van der Waals surface area contributed by atoms with E-state index in [-0.39, 0.29) is 27.7 Å². The van der Waals surface area contributed by atoms with E-state index in [1.54, 1.807) is 18.2 Å². The van der Waals surface area contributed by atoms with Crippen LogP contribution >= 0.6 is 12.0 Å². The van der Waals surface area contributed by atoms with Crippen LogP contribution in [0.5, 0.6) is 5.75 Å². The molecule has 5 rings (SSSR count). The number of rotatable bonds is 14. The zero-order valence-corrected chi connectivity index (χ0v) is 28.9. The normalized spacial score (nSPS) is 12.1. The van der Waals surface area contributed by atoms with E-state index < -0.39 is 71.1 Å². The van der Waals surface area contributed by atoms with Crippen molar-refractivity contribution in [3.8, 4) is 5.75 Å². The zero-order chi connectivity index (χ0) is 39.0. The van der Waals surface area contributed by atoms with Gasteiger partial charge in [0.05, 0.1) is 38.8 Å². The van der Waals surface area contributed by atoms with Crippen LogP contribution in [-0.4, -0.2) is 68.2 Å². The van der Waals surface area contributed by atoms with E-state index in [0.717, 1.165) is 24.3 Å². The summed E-state index contributed by atoms with van der Waals surface area (Å²) in [6, 6.07) is 18.0. The van der Waals surface area contributed by atoms with Crippen LogP contribution in [0.25, 0.3) is 0 Å². The van der Waals surface area contributed by atoms with Gasteiger partial charge in [-0.1, -0.05) is 41.4 Å². The molecule has 4 aromatic carbocycles. The van der Waals surface area contributed by atoms with Crippen molar-refractivity contribution in [2.75, 3.05) is 16.1 Å². The molecule has 0 atom stereocenters. The molecule has 0 aliphatic heterocycles. The minimum Gasteiger partial charge on any atom is -0.504 e. The predicted octanol–water partition coefficient (Wildman–Crippen LogP) is 5.38. The lowest BCUT2D eigenvalue weighted by Gasteiger charge is -2.12. The topological polar surface area (TPSA) is 317 Å². The fourth-order valence-electron chi connectivity index (χ4n) is 4.21. The molecule has 1 heterocycles. The van der Waals surface area contributed by atoms with Gasteiger partial charge in [-0.2, -0.15) is 41.3 Å². The number of carboxylic acids is 1. The Morgan fingerprint density at radius 3 is 2.19 bits per heavy atom. The monoisotopic (exact) mass is 803 g/mol. The molecule has 0 radical (unpaired) electrons. The van der Waals surface area contributed by atoms with Crippen molar-refractivity contribution in [3.05, 3.63) is 102 Å². The van der Waals surface area contributed by atoms with Crippen molar-refractivity contribution >= 4 is 78.7 Å². The van der Waals surface area contributed by atoms with Gasteiger partial charge in [-0.3, -0.25) is 14.5 Å². The Morgan fingerprint density at radius 1 is 0.815 bits per heavy atom. The summed E-state index contributed by atoms with van der Waals surface area (Å²) < 4.78 is 85.4.